The van der Waals surface area contributed by atoms with E-state index in [-0.39, 0.29) is 24.4 Å². The highest BCUT2D eigenvalue weighted by molar-refractivity contribution is 5.84. The van der Waals surface area contributed by atoms with Crippen LogP contribution >= 0.6 is 0 Å². The fourth-order valence-corrected chi connectivity index (χ4v) is 2.03. The Morgan fingerprint density at radius 1 is 1.15 bits per heavy atom. The zero-order valence-electron chi connectivity index (χ0n) is 12.7. The second-order valence-corrected chi connectivity index (χ2v) is 5.49. The monoisotopic (exact) mass is 276 g/mol. The number of rotatable bonds is 6. The Morgan fingerprint density at radius 2 is 1.75 bits per heavy atom. The molecule has 1 N–H and O–H groups in total. The van der Waals surface area contributed by atoms with Crippen LogP contribution in [-0.2, 0) is 9.59 Å². The molecule has 0 aromatic heterocycles. The predicted octanol–water partition coefficient (Wildman–Crippen LogP) is 2.37. The minimum atomic E-state index is -0.128. The second kappa shape index (κ2) is 7.68. The molecule has 1 atom stereocenters. The Labute approximate surface area is 121 Å². The molecule has 4 nitrogen and oxygen atoms in total. The Kier molecular flexibility index (Phi) is 6.22. The first kappa shape index (κ1) is 16.2. The predicted molar refractivity (Wildman–Crippen MR) is 80.1 cm³/mol. The van der Waals surface area contributed by atoms with Gasteiger partial charge < -0.3 is 10.2 Å². The minimum absolute atomic E-state index is 0.0587. The summed E-state index contributed by atoms with van der Waals surface area (Å²) < 4.78 is 0. The van der Waals surface area contributed by atoms with Gasteiger partial charge in [-0.15, -0.1) is 0 Å². The lowest BCUT2D eigenvalue weighted by Crippen LogP contribution is -2.42. The van der Waals surface area contributed by atoms with E-state index in [1.54, 1.807) is 4.90 Å². The molecule has 1 unspecified atom stereocenters. The van der Waals surface area contributed by atoms with Crippen LogP contribution in [0.5, 0.6) is 0 Å². The van der Waals surface area contributed by atoms with Crippen molar-refractivity contribution >= 4 is 11.8 Å². The lowest BCUT2D eigenvalue weighted by molar-refractivity contribution is -0.135. The number of nitrogens with one attached hydrogen (secondary N) is 1. The summed E-state index contributed by atoms with van der Waals surface area (Å²) in [6.07, 6.45) is 0. The average Bonchev–Trinajstić information content (AvgIpc) is 2.38. The summed E-state index contributed by atoms with van der Waals surface area (Å²) >= 11 is 0. The lowest BCUT2D eigenvalue weighted by atomic mass is 10.1. The van der Waals surface area contributed by atoms with Crippen molar-refractivity contribution in [3.63, 3.8) is 0 Å². The molecule has 1 aromatic rings. The van der Waals surface area contributed by atoms with Gasteiger partial charge >= 0.3 is 0 Å². The van der Waals surface area contributed by atoms with E-state index in [4.69, 9.17) is 0 Å². The summed E-state index contributed by atoms with van der Waals surface area (Å²) in [5, 5.41) is 2.92. The third-order valence-electron chi connectivity index (χ3n) is 3.04. The molecule has 0 aliphatic carbocycles. The quantitative estimate of drug-likeness (QED) is 0.867. The van der Waals surface area contributed by atoms with E-state index in [0.717, 1.165) is 5.56 Å². The summed E-state index contributed by atoms with van der Waals surface area (Å²) in [6, 6.07) is 9.72. The minimum Gasteiger partial charge on any atom is -0.348 e. The Bertz CT molecular complexity index is 443. The van der Waals surface area contributed by atoms with Gasteiger partial charge in [-0.2, -0.15) is 0 Å². The molecule has 0 aliphatic heterocycles. The number of carbonyl (C=O) groups is 2. The van der Waals surface area contributed by atoms with E-state index in [9.17, 15) is 9.59 Å². The fraction of sp³-hybridized carbons (Fsp3) is 0.500. The number of nitrogens with zero attached hydrogens (tertiary/aromatic N) is 1. The molecule has 1 aromatic carbocycles. The lowest BCUT2D eigenvalue weighted by Gasteiger charge is -2.23. The number of hydrogen-bond donors (Lipinski definition) is 1. The normalized spacial score (nSPS) is 12.1. The van der Waals surface area contributed by atoms with Gasteiger partial charge in [0.2, 0.25) is 11.8 Å². The molecule has 110 valence electrons. The van der Waals surface area contributed by atoms with Crippen LogP contribution < -0.4 is 5.32 Å². The molecule has 0 aliphatic rings. The SMILES string of the molecule is CC(=O)N(CC(=O)NC(C)c1ccccc1)CC(C)C. The Balaban J connectivity index is 2.55. The maximum Gasteiger partial charge on any atom is 0.240 e. The van der Waals surface area contributed by atoms with Crippen LogP contribution in [0.4, 0.5) is 0 Å². The van der Waals surface area contributed by atoms with Crippen LogP contribution in [0.1, 0.15) is 39.3 Å². The molecule has 0 saturated carbocycles. The zero-order chi connectivity index (χ0) is 15.1. The van der Waals surface area contributed by atoms with Crippen molar-refractivity contribution in [2.45, 2.75) is 33.7 Å². The van der Waals surface area contributed by atoms with Crippen LogP contribution in [0.15, 0.2) is 30.3 Å². The van der Waals surface area contributed by atoms with Crippen molar-refractivity contribution in [3.05, 3.63) is 35.9 Å². The van der Waals surface area contributed by atoms with Gasteiger partial charge in [-0.25, -0.2) is 0 Å². The van der Waals surface area contributed by atoms with Crippen molar-refractivity contribution in [1.82, 2.24) is 10.2 Å². The fourth-order valence-electron chi connectivity index (χ4n) is 2.03. The molecular formula is C16H24N2O2. The van der Waals surface area contributed by atoms with Crippen molar-refractivity contribution in [1.29, 1.82) is 0 Å². The molecule has 0 spiro atoms. The molecule has 0 radical (unpaired) electrons. The van der Waals surface area contributed by atoms with Gasteiger partial charge in [-0.05, 0) is 18.4 Å². The molecule has 4 heteroatoms. The average molecular weight is 276 g/mol. The van der Waals surface area contributed by atoms with Crippen molar-refractivity contribution in [2.24, 2.45) is 5.92 Å². The smallest absolute Gasteiger partial charge is 0.240 e. The standard InChI is InChI=1S/C16H24N2O2/c1-12(2)10-18(14(4)19)11-16(20)17-13(3)15-8-6-5-7-9-15/h5-9,12-13H,10-11H2,1-4H3,(H,17,20). The topological polar surface area (TPSA) is 49.4 Å². The summed E-state index contributed by atoms with van der Waals surface area (Å²) in [5.74, 6) is 0.150. The summed E-state index contributed by atoms with van der Waals surface area (Å²) in [4.78, 5) is 25.1. The molecule has 0 fully saturated rings. The largest absolute Gasteiger partial charge is 0.348 e. The van der Waals surface area contributed by atoms with Crippen molar-refractivity contribution in [2.75, 3.05) is 13.1 Å². The van der Waals surface area contributed by atoms with Gasteiger partial charge in [0.05, 0.1) is 12.6 Å². The van der Waals surface area contributed by atoms with Crippen LogP contribution in [-0.4, -0.2) is 29.8 Å². The molecule has 1 rings (SSSR count). The van der Waals surface area contributed by atoms with Crippen LogP contribution in [0.25, 0.3) is 0 Å². The van der Waals surface area contributed by atoms with Crippen molar-refractivity contribution < 1.29 is 9.59 Å². The van der Waals surface area contributed by atoms with E-state index >= 15 is 0 Å². The number of carbonyl (C=O) groups excluding carboxylic acids is 2. The van der Waals surface area contributed by atoms with Crippen LogP contribution in [0.2, 0.25) is 0 Å². The summed E-state index contributed by atoms with van der Waals surface area (Å²) in [6.45, 7) is 8.21. The molecular weight excluding hydrogens is 252 g/mol. The first-order valence-corrected chi connectivity index (χ1v) is 7.00. The highest BCUT2D eigenvalue weighted by Gasteiger charge is 2.16. The number of benzene rings is 1. The van der Waals surface area contributed by atoms with Crippen LogP contribution in [0.3, 0.4) is 0 Å². The first-order chi connectivity index (χ1) is 9.40. The number of amides is 2. The summed E-state index contributed by atoms with van der Waals surface area (Å²) in [5.41, 5.74) is 1.05. The molecule has 20 heavy (non-hydrogen) atoms. The van der Waals surface area contributed by atoms with E-state index in [1.165, 1.54) is 6.92 Å². The van der Waals surface area contributed by atoms with Gasteiger partial charge in [-0.1, -0.05) is 44.2 Å². The van der Waals surface area contributed by atoms with Gasteiger partial charge in [0.15, 0.2) is 0 Å². The second-order valence-electron chi connectivity index (χ2n) is 5.49. The van der Waals surface area contributed by atoms with Gasteiger partial charge in [0, 0.05) is 13.5 Å². The maximum absolute atomic E-state index is 12.0. The Morgan fingerprint density at radius 3 is 2.25 bits per heavy atom. The van der Waals surface area contributed by atoms with Gasteiger partial charge in [-0.3, -0.25) is 9.59 Å². The van der Waals surface area contributed by atoms with Crippen LogP contribution in [0, 0.1) is 5.92 Å². The number of hydrogen-bond acceptors (Lipinski definition) is 2. The van der Waals surface area contributed by atoms with Gasteiger partial charge in [0.1, 0.15) is 0 Å². The molecule has 0 bridgehead atoms. The Hall–Kier alpha value is -1.84. The zero-order valence-corrected chi connectivity index (χ0v) is 12.7. The van der Waals surface area contributed by atoms with Gasteiger partial charge in [0.25, 0.3) is 0 Å². The van der Waals surface area contributed by atoms with E-state index in [2.05, 4.69) is 5.32 Å². The highest BCUT2D eigenvalue weighted by atomic mass is 16.2. The molecule has 0 heterocycles. The van der Waals surface area contributed by atoms with E-state index in [0.29, 0.717) is 12.5 Å². The first-order valence-electron chi connectivity index (χ1n) is 7.00. The van der Waals surface area contributed by atoms with E-state index < -0.39 is 0 Å². The third-order valence-corrected chi connectivity index (χ3v) is 3.04. The maximum atomic E-state index is 12.0. The molecule has 2 amide bonds. The van der Waals surface area contributed by atoms with E-state index in [1.807, 2.05) is 51.1 Å². The third kappa shape index (κ3) is 5.43. The highest BCUT2D eigenvalue weighted by Crippen LogP contribution is 2.11. The summed E-state index contributed by atoms with van der Waals surface area (Å²) in [7, 11) is 0. The van der Waals surface area contributed by atoms with Crippen molar-refractivity contribution in [3.8, 4) is 0 Å². The molecule has 0 saturated heterocycles.